The summed E-state index contributed by atoms with van der Waals surface area (Å²) < 4.78 is 40.1. The Hall–Kier alpha value is -1.37. The highest BCUT2D eigenvalue weighted by atomic mass is 32.2. The number of aryl methyl sites for hydroxylation is 1. The van der Waals surface area contributed by atoms with Gasteiger partial charge in [0, 0.05) is 12.3 Å². The van der Waals surface area contributed by atoms with Gasteiger partial charge < -0.3 is 0 Å². The lowest BCUT2D eigenvalue weighted by Gasteiger charge is -2.23. The Morgan fingerprint density at radius 2 is 1.73 bits per heavy atom. The van der Waals surface area contributed by atoms with Crippen LogP contribution in [0.3, 0.4) is 0 Å². The van der Waals surface area contributed by atoms with Gasteiger partial charge in [0.25, 0.3) is 0 Å². The lowest BCUT2D eigenvalue weighted by molar-refractivity contribution is 0.434. The maximum Gasteiger partial charge on any atom is 0.244 e. The van der Waals surface area contributed by atoms with Crippen molar-refractivity contribution in [3.05, 3.63) is 65.5 Å². The first-order chi connectivity index (χ1) is 10.5. The van der Waals surface area contributed by atoms with E-state index in [0.29, 0.717) is 6.54 Å². The van der Waals surface area contributed by atoms with Crippen molar-refractivity contribution in [3.8, 4) is 0 Å². The van der Waals surface area contributed by atoms with Gasteiger partial charge in [-0.15, -0.1) is 11.8 Å². The smallest absolute Gasteiger partial charge is 0.207 e. The molecule has 0 aliphatic carbocycles. The average Bonchev–Trinajstić information content (AvgIpc) is 2.99. The molecular weight excluding hydrogens is 321 g/mol. The largest absolute Gasteiger partial charge is 0.244 e. The minimum Gasteiger partial charge on any atom is -0.207 e. The molecule has 0 unspecified atom stereocenters. The van der Waals surface area contributed by atoms with Crippen LogP contribution in [0.5, 0.6) is 0 Å². The monoisotopic (exact) mass is 337 g/mol. The van der Waals surface area contributed by atoms with Crippen molar-refractivity contribution in [3.63, 3.8) is 0 Å². The van der Waals surface area contributed by atoms with E-state index in [2.05, 4.69) is 0 Å². The number of halogens is 1. The van der Waals surface area contributed by atoms with Crippen LogP contribution in [-0.2, 0) is 10.0 Å². The zero-order chi connectivity index (χ0) is 15.7. The summed E-state index contributed by atoms with van der Waals surface area (Å²) in [4.78, 5) is 0.133. The number of rotatable bonds is 3. The van der Waals surface area contributed by atoms with E-state index in [4.69, 9.17) is 0 Å². The lowest BCUT2D eigenvalue weighted by atomic mass is 10.1. The molecule has 0 amide bonds. The molecule has 1 fully saturated rings. The molecule has 2 aromatic rings. The molecule has 1 aliphatic heterocycles. The van der Waals surface area contributed by atoms with E-state index in [1.54, 1.807) is 11.8 Å². The van der Waals surface area contributed by atoms with Gasteiger partial charge in [-0.2, -0.15) is 4.31 Å². The standard InChI is InChI=1S/C16H16FNO2S2/c1-12-2-4-13(5-3-12)16-18(10-11-21-16)22(19,20)15-8-6-14(17)7-9-15/h2-9,16H,10-11H2,1H3/t16-/m0/s1. The highest BCUT2D eigenvalue weighted by Gasteiger charge is 2.36. The van der Waals surface area contributed by atoms with E-state index < -0.39 is 15.8 Å². The summed E-state index contributed by atoms with van der Waals surface area (Å²) in [5.74, 6) is 0.309. The normalized spacial score (nSPS) is 19.5. The van der Waals surface area contributed by atoms with Crippen molar-refractivity contribution in [2.24, 2.45) is 0 Å². The van der Waals surface area contributed by atoms with Crippen LogP contribution in [0.4, 0.5) is 4.39 Å². The molecule has 0 radical (unpaired) electrons. The quantitative estimate of drug-likeness (QED) is 0.859. The Morgan fingerprint density at radius 1 is 1.09 bits per heavy atom. The van der Waals surface area contributed by atoms with Crippen molar-refractivity contribution in [2.75, 3.05) is 12.3 Å². The van der Waals surface area contributed by atoms with Gasteiger partial charge >= 0.3 is 0 Å². The number of sulfonamides is 1. The Morgan fingerprint density at radius 3 is 2.36 bits per heavy atom. The topological polar surface area (TPSA) is 37.4 Å². The Bertz CT molecular complexity index is 758. The second-order valence-electron chi connectivity index (χ2n) is 5.20. The molecule has 0 aromatic heterocycles. The molecule has 3 nitrogen and oxygen atoms in total. The van der Waals surface area contributed by atoms with E-state index in [-0.39, 0.29) is 10.3 Å². The first-order valence-electron chi connectivity index (χ1n) is 6.94. The SMILES string of the molecule is Cc1ccc([C@@H]2SCCN2S(=O)(=O)c2ccc(F)cc2)cc1. The van der Waals surface area contributed by atoms with Gasteiger partial charge in [0.05, 0.1) is 10.3 Å². The van der Waals surface area contributed by atoms with Crippen LogP contribution in [0.1, 0.15) is 16.5 Å². The average molecular weight is 337 g/mol. The molecule has 22 heavy (non-hydrogen) atoms. The summed E-state index contributed by atoms with van der Waals surface area (Å²) in [6, 6.07) is 12.9. The third-order valence-electron chi connectivity index (χ3n) is 3.63. The molecule has 0 spiro atoms. The zero-order valence-corrected chi connectivity index (χ0v) is 13.7. The first kappa shape index (κ1) is 15.5. The fourth-order valence-corrected chi connectivity index (χ4v) is 5.68. The maximum absolute atomic E-state index is 13.0. The molecule has 0 saturated carbocycles. The van der Waals surface area contributed by atoms with Gasteiger partial charge in [-0.05, 0) is 36.8 Å². The second-order valence-corrected chi connectivity index (χ2v) is 8.28. The first-order valence-corrected chi connectivity index (χ1v) is 9.43. The molecule has 116 valence electrons. The van der Waals surface area contributed by atoms with Gasteiger partial charge in [0.1, 0.15) is 5.82 Å². The summed E-state index contributed by atoms with van der Waals surface area (Å²) in [5.41, 5.74) is 2.11. The van der Waals surface area contributed by atoms with E-state index >= 15 is 0 Å². The van der Waals surface area contributed by atoms with E-state index in [9.17, 15) is 12.8 Å². The van der Waals surface area contributed by atoms with Crippen LogP contribution in [-0.4, -0.2) is 25.0 Å². The molecule has 1 heterocycles. The number of thioether (sulfide) groups is 1. The molecule has 1 saturated heterocycles. The second kappa shape index (κ2) is 6.02. The Balaban J connectivity index is 1.95. The third-order valence-corrected chi connectivity index (χ3v) is 6.90. The minimum absolute atomic E-state index is 0.133. The van der Waals surface area contributed by atoms with Gasteiger partial charge in [0.15, 0.2) is 0 Å². The molecule has 6 heteroatoms. The fraction of sp³-hybridized carbons (Fsp3) is 0.250. The van der Waals surface area contributed by atoms with Crippen LogP contribution in [0, 0.1) is 12.7 Å². The molecule has 1 aliphatic rings. The van der Waals surface area contributed by atoms with Crippen molar-refractivity contribution in [2.45, 2.75) is 17.2 Å². The van der Waals surface area contributed by atoms with Crippen LogP contribution < -0.4 is 0 Å². The molecule has 0 bridgehead atoms. The van der Waals surface area contributed by atoms with E-state index in [1.165, 1.54) is 28.6 Å². The van der Waals surface area contributed by atoms with Gasteiger partial charge in [-0.1, -0.05) is 29.8 Å². The summed E-state index contributed by atoms with van der Waals surface area (Å²) in [6.45, 7) is 2.46. The predicted molar refractivity (Wildman–Crippen MR) is 86.7 cm³/mol. The van der Waals surface area contributed by atoms with Crippen molar-refractivity contribution < 1.29 is 12.8 Å². The lowest BCUT2D eigenvalue weighted by Crippen LogP contribution is -2.30. The summed E-state index contributed by atoms with van der Waals surface area (Å²) in [6.07, 6.45) is 0. The van der Waals surface area contributed by atoms with Crippen LogP contribution in [0.15, 0.2) is 53.4 Å². The van der Waals surface area contributed by atoms with Gasteiger partial charge in [-0.25, -0.2) is 12.8 Å². The van der Waals surface area contributed by atoms with Crippen LogP contribution in [0.2, 0.25) is 0 Å². The predicted octanol–water partition coefficient (Wildman–Crippen LogP) is 3.57. The molecule has 0 N–H and O–H groups in total. The van der Waals surface area contributed by atoms with Gasteiger partial charge in [0.2, 0.25) is 10.0 Å². The zero-order valence-electron chi connectivity index (χ0n) is 12.1. The number of nitrogens with zero attached hydrogens (tertiary/aromatic N) is 1. The molecule has 1 atom stereocenters. The van der Waals surface area contributed by atoms with E-state index in [0.717, 1.165) is 16.9 Å². The maximum atomic E-state index is 13.0. The highest BCUT2D eigenvalue weighted by molar-refractivity contribution is 8.01. The Labute approximate surface area is 134 Å². The Kier molecular flexibility index (Phi) is 4.25. The van der Waals surface area contributed by atoms with Gasteiger partial charge in [-0.3, -0.25) is 0 Å². The van der Waals surface area contributed by atoms with E-state index in [1.807, 2.05) is 31.2 Å². The molecular formula is C16H16FNO2S2. The molecule has 2 aromatic carbocycles. The van der Waals surface area contributed by atoms with Crippen molar-refractivity contribution >= 4 is 21.8 Å². The summed E-state index contributed by atoms with van der Waals surface area (Å²) in [5, 5.41) is -0.226. The highest BCUT2D eigenvalue weighted by Crippen LogP contribution is 2.41. The summed E-state index contributed by atoms with van der Waals surface area (Å²) >= 11 is 1.61. The van der Waals surface area contributed by atoms with Crippen LogP contribution >= 0.6 is 11.8 Å². The fourth-order valence-electron chi connectivity index (χ4n) is 2.44. The summed E-state index contributed by atoms with van der Waals surface area (Å²) in [7, 11) is -3.62. The van der Waals surface area contributed by atoms with Crippen molar-refractivity contribution in [1.29, 1.82) is 0 Å². The number of hydrogen-bond acceptors (Lipinski definition) is 3. The third kappa shape index (κ3) is 2.91. The number of benzene rings is 2. The number of hydrogen-bond donors (Lipinski definition) is 0. The van der Waals surface area contributed by atoms with Crippen LogP contribution in [0.25, 0.3) is 0 Å². The van der Waals surface area contributed by atoms with Crippen molar-refractivity contribution in [1.82, 2.24) is 4.31 Å². The minimum atomic E-state index is -3.62. The molecule has 3 rings (SSSR count).